The van der Waals surface area contributed by atoms with E-state index in [0.717, 1.165) is 0 Å². The fraction of sp³-hybridized carbons (Fsp3) is 0.176. The SMILES string of the molecule is COc1ccc([C@H](C#N)c2cccc(F)c2C#N)cc1OC. The lowest BCUT2D eigenvalue weighted by Crippen LogP contribution is -2.04. The van der Waals surface area contributed by atoms with Crippen molar-refractivity contribution < 1.29 is 13.9 Å². The number of ether oxygens (including phenoxy) is 2. The van der Waals surface area contributed by atoms with E-state index in [1.54, 1.807) is 24.3 Å². The van der Waals surface area contributed by atoms with Gasteiger partial charge in [0.2, 0.25) is 0 Å². The van der Waals surface area contributed by atoms with Crippen LogP contribution in [-0.2, 0) is 0 Å². The summed E-state index contributed by atoms with van der Waals surface area (Å²) in [5.41, 5.74) is 0.809. The van der Waals surface area contributed by atoms with Gasteiger partial charge < -0.3 is 9.47 Å². The molecule has 22 heavy (non-hydrogen) atoms. The van der Waals surface area contributed by atoms with Gasteiger partial charge in [-0.15, -0.1) is 0 Å². The molecular weight excluding hydrogens is 283 g/mol. The van der Waals surface area contributed by atoms with Gasteiger partial charge in [-0.1, -0.05) is 18.2 Å². The van der Waals surface area contributed by atoms with Crippen molar-refractivity contribution in [1.82, 2.24) is 0 Å². The maximum atomic E-state index is 13.8. The molecule has 0 aromatic heterocycles. The van der Waals surface area contributed by atoms with E-state index >= 15 is 0 Å². The normalized spacial score (nSPS) is 11.1. The summed E-state index contributed by atoms with van der Waals surface area (Å²) in [6.45, 7) is 0. The summed E-state index contributed by atoms with van der Waals surface area (Å²) in [6, 6.07) is 13.2. The van der Waals surface area contributed by atoms with Gasteiger partial charge in [0.25, 0.3) is 0 Å². The van der Waals surface area contributed by atoms with E-state index < -0.39 is 11.7 Å². The zero-order chi connectivity index (χ0) is 16.1. The molecule has 0 unspecified atom stereocenters. The molecule has 2 rings (SSSR count). The lowest BCUT2D eigenvalue weighted by molar-refractivity contribution is 0.354. The molecule has 2 aromatic carbocycles. The van der Waals surface area contributed by atoms with Crippen LogP contribution < -0.4 is 9.47 Å². The Labute approximate surface area is 127 Å². The Morgan fingerprint density at radius 3 is 2.36 bits per heavy atom. The van der Waals surface area contributed by atoms with Gasteiger partial charge in [0.05, 0.1) is 31.8 Å². The Kier molecular flexibility index (Phi) is 4.60. The van der Waals surface area contributed by atoms with Crippen LogP contribution in [0.2, 0.25) is 0 Å². The predicted molar refractivity (Wildman–Crippen MR) is 78.1 cm³/mol. The molecule has 0 amide bonds. The zero-order valence-electron chi connectivity index (χ0n) is 12.1. The highest BCUT2D eigenvalue weighted by Gasteiger charge is 2.21. The third-order valence-electron chi connectivity index (χ3n) is 3.34. The molecule has 0 aliphatic heterocycles. The number of nitriles is 2. The third kappa shape index (κ3) is 2.70. The van der Waals surface area contributed by atoms with Crippen molar-refractivity contribution in [1.29, 1.82) is 10.5 Å². The van der Waals surface area contributed by atoms with Gasteiger partial charge in [-0.2, -0.15) is 10.5 Å². The smallest absolute Gasteiger partial charge is 0.161 e. The molecule has 0 fully saturated rings. The van der Waals surface area contributed by atoms with E-state index in [-0.39, 0.29) is 5.56 Å². The van der Waals surface area contributed by atoms with Gasteiger partial charge in [0.15, 0.2) is 11.5 Å². The summed E-state index contributed by atoms with van der Waals surface area (Å²) in [5.74, 6) is -0.413. The first-order valence-corrected chi connectivity index (χ1v) is 6.46. The van der Waals surface area contributed by atoms with Crippen LogP contribution in [0.25, 0.3) is 0 Å². The quantitative estimate of drug-likeness (QED) is 0.867. The van der Waals surface area contributed by atoms with Crippen molar-refractivity contribution in [2.75, 3.05) is 14.2 Å². The van der Waals surface area contributed by atoms with Gasteiger partial charge in [0, 0.05) is 0 Å². The summed E-state index contributed by atoms with van der Waals surface area (Å²) in [7, 11) is 3.01. The fourth-order valence-corrected chi connectivity index (χ4v) is 2.26. The van der Waals surface area contributed by atoms with Gasteiger partial charge in [-0.25, -0.2) is 4.39 Å². The molecule has 0 heterocycles. The van der Waals surface area contributed by atoms with Gasteiger partial charge in [0.1, 0.15) is 11.9 Å². The number of hydrogen-bond donors (Lipinski definition) is 0. The molecule has 4 nitrogen and oxygen atoms in total. The Hall–Kier alpha value is -3.05. The van der Waals surface area contributed by atoms with Crippen molar-refractivity contribution >= 4 is 0 Å². The van der Waals surface area contributed by atoms with E-state index in [0.29, 0.717) is 22.6 Å². The summed E-state index contributed by atoms with van der Waals surface area (Å²) >= 11 is 0. The van der Waals surface area contributed by atoms with Gasteiger partial charge in [-0.3, -0.25) is 0 Å². The molecule has 2 aromatic rings. The minimum atomic E-state index is -0.773. The van der Waals surface area contributed by atoms with E-state index in [4.69, 9.17) is 14.7 Å². The lowest BCUT2D eigenvalue weighted by atomic mass is 9.89. The van der Waals surface area contributed by atoms with Crippen molar-refractivity contribution in [3.05, 3.63) is 58.9 Å². The van der Waals surface area contributed by atoms with Gasteiger partial charge >= 0.3 is 0 Å². The molecule has 0 aliphatic carbocycles. The van der Waals surface area contributed by atoms with Crippen LogP contribution >= 0.6 is 0 Å². The molecule has 0 aliphatic rings. The average Bonchev–Trinajstić information content (AvgIpc) is 2.55. The largest absolute Gasteiger partial charge is 0.493 e. The summed E-state index contributed by atoms with van der Waals surface area (Å²) in [4.78, 5) is 0. The maximum absolute atomic E-state index is 13.8. The first kappa shape index (κ1) is 15.3. The highest BCUT2D eigenvalue weighted by Crippen LogP contribution is 2.34. The molecule has 0 saturated carbocycles. The lowest BCUT2D eigenvalue weighted by Gasteiger charge is -2.14. The van der Waals surface area contributed by atoms with Gasteiger partial charge in [-0.05, 0) is 29.3 Å². The molecule has 0 saturated heterocycles. The zero-order valence-corrected chi connectivity index (χ0v) is 12.1. The van der Waals surface area contributed by atoms with Crippen LogP contribution in [0.15, 0.2) is 36.4 Å². The van der Waals surface area contributed by atoms with Crippen molar-refractivity contribution in [2.24, 2.45) is 0 Å². The monoisotopic (exact) mass is 296 g/mol. The molecular formula is C17H13FN2O2. The minimum Gasteiger partial charge on any atom is -0.493 e. The fourth-order valence-electron chi connectivity index (χ4n) is 2.26. The first-order valence-electron chi connectivity index (χ1n) is 6.46. The number of rotatable bonds is 4. The minimum absolute atomic E-state index is 0.121. The Morgan fingerprint density at radius 1 is 1.05 bits per heavy atom. The standard InChI is InChI=1S/C17H13FN2O2/c1-21-16-7-6-11(8-17(16)22-2)13(9-19)12-4-3-5-15(18)14(12)10-20/h3-8,13H,1-2H3/t13-/m0/s1. The van der Waals surface area contributed by atoms with E-state index in [1.807, 2.05) is 6.07 Å². The molecule has 5 heteroatoms. The second-order valence-corrected chi connectivity index (χ2v) is 4.49. The number of halogens is 1. The topological polar surface area (TPSA) is 66.0 Å². The Bertz CT molecular complexity index is 775. The summed E-state index contributed by atoms with van der Waals surface area (Å²) in [6.07, 6.45) is 0. The second-order valence-electron chi connectivity index (χ2n) is 4.49. The molecule has 0 radical (unpaired) electrons. The predicted octanol–water partition coefficient (Wildman–Crippen LogP) is 3.37. The van der Waals surface area contributed by atoms with E-state index in [1.165, 1.54) is 26.4 Å². The first-order chi connectivity index (χ1) is 10.7. The van der Waals surface area contributed by atoms with Crippen molar-refractivity contribution in [3.63, 3.8) is 0 Å². The number of hydrogen-bond acceptors (Lipinski definition) is 4. The number of benzene rings is 2. The molecule has 0 bridgehead atoms. The maximum Gasteiger partial charge on any atom is 0.161 e. The average molecular weight is 296 g/mol. The van der Waals surface area contributed by atoms with Crippen LogP contribution in [0.5, 0.6) is 11.5 Å². The third-order valence-corrected chi connectivity index (χ3v) is 3.34. The summed E-state index contributed by atoms with van der Waals surface area (Å²) < 4.78 is 24.1. The van der Waals surface area contributed by atoms with Crippen LogP contribution in [0, 0.1) is 28.5 Å². The molecule has 110 valence electrons. The van der Waals surface area contributed by atoms with Crippen LogP contribution in [0.4, 0.5) is 4.39 Å². The number of nitrogens with zero attached hydrogens (tertiary/aromatic N) is 2. The van der Waals surface area contributed by atoms with Crippen LogP contribution in [0.3, 0.4) is 0 Å². The Balaban J connectivity index is 2.58. The van der Waals surface area contributed by atoms with E-state index in [2.05, 4.69) is 6.07 Å². The summed E-state index contributed by atoms with van der Waals surface area (Å²) in [5, 5.41) is 18.6. The van der Waals surface area contributed by atoms with Crippen LogP contribution in [-0.4, -0.2) is 14.2 Å². The van der Waals surface area contributed by atoms with Crippen LogP contribution in [0.1, 0.15) is 22.6 Å². The number of methoxy groups -OCH3 is 2. The molecule has 1 atom stereocenters. The van der Waals surface area contributed by atoms with Crippen molar-refractivity contribution in [3.8, 4) is 23.6 Å². The highest BCUT2D eigenvalue weighted by atomic mass is 19.1. The Morgan fingerprint density at radius 2 is 1.77 bits per heavy atom. The second kappa shape index (κ2) is 6.60. The molecule has 0 spiro atoms. The highest BCUT2D eigenvalue weighted by molar-refractivity contribution is 5.52. The molecule has 0 N–H and O–H groups in total. The van der Waals surface area contributed by atoms with Crippen molar-refractivity contribution in [2.45, 2.75) is 5.92 Å². The van der Waals surface area contributed by atoms with E-state index in [9.17, 15) is 9.65 Å².